The Hall–Kier alpha value is -1.13. The van der Waals surface area contributed by atoms with Crippen molar-refractivity contribution in [2.75, 3.05) is 24.5 Å². The summed E-state index contributed by atoms with van der Waals surface area (Å²) in [7, 11) is 0. The van der Waals surface area contributed by atoms with Crippen LogP contribution in [0.4, 0.5) is 5.82 Å². The van der Waals surface area contributed by atoms with Crippen molar-refractivity contribution in [2.45, 2.75) is 51.7 Å². The molecule has 2 heterocycles. The van der Waals surface area contributed by atoms with Gasteiger partial charge in [0.2, 0.25) is 0 Å². The van der Waals surface area contributed by atoms with Crippen LogP contribution in [0, 0.1) is 0 Å². The van der Waals surface area contributed by atoms with Gasteiger partial charge in [-0.1, -0.05) is 13.0 Å². The van der Waals surface area contributed by atoms with Crippen LogP contribution in [-0.4, -0.2) is 35.3 Å². The molecule has 0 aliphatic carbocycles. The highest BCUT2D eigenvalue weighted by atomic mass is 16.3. The molecule has 1 aromatic rings. The van der Waals surface area contributed by atoms with Crippen molar-refractivity contribution in [1.29, 1.82) is 0 Å². The highest BCUT2D eigenvalue weighted by molar-refractivity contribution is 5.46. The van der Waals surface area contributed by atoms with Gasteiger partial charge < -0.3 is 15.3 Å². The van der Waals surface area contributed by atoms with Gasteiger partial charge in [0.05, 0.1) is 5.60 Å². The number of aromatic nitrogens is 1. The average molecular weight is 277 g/mol. The van der Waals surface area contributed by atoms with E-state index in [0.29, 0.717) is 0 Å². The van der Waals surface area contributed by atoms with Crippen molar-refractivity contribution in [3.8, 4) is 0 Å². The number of rotatable bonds is 5. The summed E-state index contributed by atoms with van der Waals surface area (Å²) in [5.74, 6) is 1.08. The maximum Gasteiger partial charge on any atom is 0.133 e. The zero-order chi connectivity index (χ0) is 14.4. The predicted octanol–water partition coefficient (Wildman–Crippen LogP) is 2.32. The van der Waals surface area contributed by atoms with Crippen LogP contribution in [0.1, 0.15) is 45.1 Å². The summed E-state index contributed by atoms with van der Waals surface area (Å²) in [6.45, 7) is 7.87. The molecule has 2 rings (SSSR count). The second kappa shape index (κ2) is 7.04. The largest absolute Gasteiger partial charge is 0.390 e. The van der Waals surface area contributed by atoms with Crippen molar-refractivity contribution < 1.29 is 5.11 Å². The Balaban J connectivity index is 2.07. The summed E-state index contributed by atoms with van der Waals surface area (Å²) in [6, 6.07) is 4.15. The molecular formula is C16H27N3O. The van der Waals surface area contributed by atoms with Gasteiger partial charge in [-0.2, -0.15) is 0 Å². The molecule has 0 amide bonds. The SMILES string of the molecule is CCCNCc1cccnc1N1CCCC(C)(O)CC1. The molecule has 2 N–H and O–H groups in total. The van der Waals surface area contributed by atoms with Crippen LogP contribution in [0.3, 0.4) is 0 Å². The Morgan fingerprint density at radius 1 is 1.40 bits per heavy atom. The molecule has 1 aromatic heterocycles. The van der Waals surface area contributed by atoms with E-state index in [9.17, 15) is 5.11 Å². The first-order valence-electron chi connectivity index (χ1n) is 7.74. The molecule has 0 radical (unpaired) electrons. The fourth-order valence-corrected chi connectivity index (χ4v) is 2.73. The first kappa shape index (κ1) is 15.3. The van der Waals surface area contributed by atoms with E-state index in [4.69, 9.17) is 0 Å². The van der Waals surface area contributed by atoms with Gasteiger partial charge in [0.25, 0.3) is 0 Å². The Morgan fingerprint density at radius 2 is 2.25 bits per heavy atom. The third-order valence-electron chi connectivity index (χ3n) is 3.97. The maximum absolute atomic E-state index is 10.2. The normalized spacial score (nSPS) is 23.6. The average Bonchev–Trinajstić information content (AvgIpc) is 2.61. The van der Waals surface area contributed by atoms with Gasteiger partial charge in [0, 0.05) is 31.4 Å². The molecule has 0 saturated carbocycles. The first-order chi connectivity index (χ1) is 9.62. The summed E-state index contributed by atoms with van der Waals surface area (Å²) in [5.41, 5.74) is 0.729. The molecule has 0 spiro atoms. The lowest BCUT2D eigenvalue weighted by molar-refractivity contribution is 0.0481. The van der Waals surface area contributed by atoms with Crippen LogP contribution >= 0.6 is 0 Å². The quantitative estimate of drug-likeness (QED) is 0.811. The topological polar surface area (TPSA) is 48.4 Å². The number of hydrogen-bond acceptors (Lipinski definition) is 4. The molecule has 1 atom stereocenters. The Morgan fingerprint density at radius 3 is 3.05 bits per heavy atom. The predicted molar refractivity (Wildman–Crippen MR) is 82.9 cm³/mol. The number of pyridine rings is 1. The third-order valence-corrected chi connectivity index (χ3v) is 3.97. The van der Waals surface area contributed by atoms with E-state index in [1.165, 1.54) is 5.56 Å². The highest BCUT2D eigenvalue weighted by Crippen LogP contribution is 2.26. The zero-order valence-corrected chi connectivity index (χ0v) is 12.7. The van der Waals surface area contributed by atoms with Crippen LogP contribution in [0.5, 0.6) is 0 Å². The van der Waals surface area contributed by atoms with Crippen LogP contribution in [0.25, 0.3) is 0 Å². The summed E-state index contributed by atoms with van der Waals surface area (Å²) in [4.78, 5) is 6.90. The monoisotopic (exact) mass is 277 g/mol. The summed E-state index contributed by atoms with van der Waals surface area (Å²) < 4.78 is 0. The minimum Gasteiger partial charge on any atom is -0.390 e. The fourth-order valence-electron chi connectivity index (χ4n) is 2.73. The van der Waals surface area contributed by atoms with E-state index < -0.39 is 5.60 Å². The van der Waals surface area contributed by atoms with Gasteiger partial charge >= 0.3 is 0 Å². The minimum absolute atomic E-state index is 0.524. The minimum atomic E-state index is -0.524. The summed E-state index contributed by atoms with van der Waals surface area (Å²) >= 11 is 0. The van der Waals surface area contributed by atoms with Crippen molar-refractivity contribution in [3.63, 3.8) is 0 Å². The highest BCUT2D eigenvalue weighted by Gasteiger charge is 2.26. The molecule has 4 heteroatoms. The zero-order valence-electron chi connectivity index (χ0n) is 12.7. The number of nitrogens with one attached hydrogen (secondary N) is 1. The Kier molecular flexibility index (Phi) is 5.38. The smallest absolute Gasteiger partial charge is 0.133 e. The molecule has 1 aliphatic rings. The molecule has 20 heavy (non-hydrogen) atoms. The number of nitrogens with zero attached hydrogens (tertiary/aromatic N) is 2. The van der Waals surface area contributed by atoms with E-state index in [2.05, 4.69) is 28.2 Å². The molecule has 0 bridgehead atoms. The van der Waals surface area contributed by atoms with E-state index in [-0.39, 0.29) is 0 Å². The molecule has 1 unspecified atom stereocenters. The number of hydrogen-bond donors (Lipinski definition) is 2. The van der Waals surface area contributed by atoms with Crippen molar-refractivity contribution in [1.82, 2.24) is 10.3 Å². The second-order valence-corrected chi connectivity index (χ2v) is 6.00. The molecule has 112 valence electrons. The first-order valence-corrected chi connectivity index (χ1v) is 7.74. The van der Waals surface area contributed by atoms with Gasteiger partial charge in [0.15, 0.2) is 0 Å². The van der Waals surface area contributed by atoms with Crippen molar-refractivity contribution >= 4 is 5.82 Å². The molecule has 1 fully saturated rings. The molecule has 4 nitrogen and oxygen atoms in total. The van der Waals surface area contributed by atoms with E-state index >= 15 is 0 Å². The Labute approximate surface area is 122 Å². The Bertz CT molecular complexity index is 420. The summed E-state index contributed by atoms with van der Waals surface area (Å²) in [5, 5.41) is 13.6. The fraction of sp³-hybridized carbons (Fsp3) is 0.688. The second-order valence-electron chi connectivity index (χ2n) is 6.00. The van der Waals surface area contributed by atoms with Crippen LogP contribution in [0.15, 0.2) is 18.3 Å². The lowest BCUT2D eigenvalue weighted by Crippen LogP contribution is -2.30. The third kappa shape index (κ3) is 4.18. The van der Waals surface area contributed by atoms with Gasteiger partial charge in [-0.15, -0.1) is 0 Å². The standard InChI is InChI=1S/C16H27N3O/c1-3-9-17-13-14-6-4-10-18-15(14)19-11-5-7-16(2,20)8-12-19/h4,6,10,17,20H,3,5,7-9,11-13H2,1-2H3. The van der Waals surface area contributed by atoms with E-state index in [1.54, 1.807) is 0 Å². The van der Waals surface area contributed by atoms with Gasteiger partial charge in [0.1, 0.15) is 5.82 Å². The number of anilines is 1. The lowest BCUT2D eigenvalue weighted by Gasteiger charge is -2.25. The van der Waals surface area contributed by atoms with Gasteiger partial charge in [-0.3, -0.25) is 0 Å². The maximum atomic E-state index is 10.2. The van der Waals surface area contributed by atoms with Crippen LogP contribution in [-0.2, 0) is 6.54 Å². The molecule has 1 saturated heterocycles. The van der Waals surface area contributed by atoms with Gasteiger partial charge in [-0.25, -0.2) is 4.98 Å². The summed E-state index contributed by atoms with van der Waals surface area (Å²) in [6.07, 6.45) is 5.71. The van der Waals surface area contributed by atoms with Crippen molar-refractivity contribution in [3.05, 3.63) is 23.9 Å². The molecular weight excluding hydrogens is 250 g/mol. The van der Waals surface area contributed by atoms with Crippen LogP contribution in [0.2, 0.25) is 0 Å². The van der Waals surface area contributed by atoms with Crippen LogP contribution < -0.4 is 10.2 Å². The molecule has 1 aliphatic heterocycles. The lowest BCUT2D eigenvalue weighted by atomic mass is 9.98. The van der Waals surface area contributed by atoms with E-state index in [0.717, 1.165) is 57.7 Å². The van der Waals surface area contributed by atoms with E-state index in [1.807, 2.05) is 19.2 Å². The number of aliphatic hydroxyl groups is 1. The van der Waals surface area contributed by atoms with Crippen molar-refractivity contribution in [2.24, 2.45) is 0 Å². The molecule has 0 aromatic carbocycles. The van der Waals surface area contributed by atoms with Gasteiger partial charge in [-0.05, 0) is 45.2 Å².